The van der Waals surface area contributed by atoms with E-state index in [0.29, 0.717) is 11.3 Å². The monoisotopic (exact) mass is 344 g/mol. The molecule has 3 aromatic rings. The van der Waals surface area contributed by atoms with Crippen LogP contribution in [0.5, 0.6) is 0 Å². The maximum atomic E-state index is 12.8. The van der Waals surface area contributed by atoms with Crippen molar-refractivity contribution in [2.75, 3.05) is 0 Å². The molecule has 128 valence electrons. The first-order valence-electron chi connectivity index (χ1n) is 7.64. The number of nitrogens with zero attached hydrogens (tertiary/aromatic N) is 2. The molecule has 3 nitrogen and oxygen atoms in total. The van der Waals surface area contributed by atoms with E-state index in [4.69, 9.17) is 0 Å². The third-order valence-electron chi connectivity index (χ3n) is 3.80. The molecule has 0 saturated heterocycles. The third-order valence-corrected chi connectivity index (χ3v) is 3.80. The van der Waals surface area contributed by atoms with Crippen LogP contribution >= 0.6 is 0 Å². The molecule has 3 rings (SSSR count). The highest BCUT2D eigenvalue weighted by Crippen LogP contribution is 2.29. The minimum Gasteiger partial charge on any atom is -0.268 e. The van der Waals surface area contributed by atoms with Gasteiger partial charge < -0.3 is 0 Å². The summed E-state index contributed by atoms with van der Waals surface area (Å²) >= 11 is 0. The molecule has 0 radical (unpaired) electrons. The Balaban J connectivity index is 1.94. The second-order valence-corrected chi connectivity index (χ2v) is 5.78. The summed E-state index contributed by atoms with van der Waals surface area (Å²) in [6, 6.07) is 15.5. The molecule has 0 aliphatic rings. The Morgan fingerprint density at radius 3 is 2.40 bits per heavy atom. The van der Waals surface area contributed by atoms with Gasteiger partial charge in [0.2, 0.25) is 0 Å². The topological polar surface area (TPSA) is 34.9 Å². The van der Waals surface area contributed by atoms with Gasteiger partial charge in [-0.05, 0) is 30.7 Å². The van der Waals surface area contributed by atoms with E-state index in [9.17, 15) is 18.0 Å². The van der Waals surface area contributed by atoms with Gasteiger partial charge in [0.15, 0.2) is 0 Å². The number of halogens is 3. The Labute approximate surface area is 142 Å². The molecule has 1 heterocycles. The van der Waals surface area contributed by atoms with E-state index in [-0.39, 0.29) is 12.1 Å². The van der Waals surface area contributed by atoms with Crippen molar-refractivity contribution in [1.29, 1.82) is 0 Å². The Kier molecular flexibility index (Phi) is 4.44. The van der Waals surface area contributed by atoms with E-state index in [1.807, 2.05) is 31.2 Å². The Bertz CT molecular complexity index is 944. The molecule has 0 saturated carbocycles. The summed E-state index contributed by atoms with van der Waals surface area (Å²) in [6.07, 6.45) is -4.42. The summed E-state index contributed by atoms with van der Waals surface area (Å²) < 4.78 is 39.6. The Hall–Kier alpha value is -2.89. The molecule has 0 unspecified atom stereocenters. The predicted molar refractivity (Wildman–Crippen MR) is 89.2 cm³/mol. The lowest BCUT2D eigenvalue weighted by atomic mass is 10.1. The molecule has 0 amide bonds. The molecular weight excluding hydrogens is 329 g/mol. The van der Waals surface area contributed by atoms with Crippen molar-refractivity contribution >= 4 is 0 Å². The smallest absolute Gasteiger partial charge is 0.268 e. The summed E-state index contributed by atoms with van der Waals surface area (Å²) in [5.74, 6) is 0. The quantitative estimate of drug-likeness (QED) is 0.711. The molecule has 0 aliphatic heterocycles. The number of hydrogen-bond donors (Lipinski definition) is 0. The summed E-state index contributed by atoms with van der Waals surface area (Å²) in [5.41, 5.74) is 1.78. The van der Waals surface area contributed by atoms with Gasteiger partial charge in [0, 0.05) is 11.6 Å². The molecule has 0 fully saturated rings. The number of hydrogen-bond acceptors (Lipinski definition) is 2. The van der Waals surface area contributed by atoms with Crippen LogP contribution in [0, 0.1) is 6.92 Å². The van der Waals surface area contributed by atoms with Crippen molar-refractivity contribution in [3.63, 3.8) is 0 Å². The number of alkyl halides is 3. The maximum absolute atomic E-state index is 12.8. The lowest BCUT2D eigenvalue weighted by Gasteiger charge is -2.10. The van der Waals surface area contributed by atoms with Crippen molar-refractivity contribution in [3.8, 4) is 11.3 Å². The first-order chi connectivity index (χ1) is 11.8. The van der Waals surface area contributed by atoms with Gasteiger partial charge >= 0.3 is 6.18 Å². The van der Waals surface area contributed by atoms with Crippen LogP contribution in [0.1, 0.15) is 16.7 Å². The van der Waals surface area contributed by atoms with Crippen LogP contribution in [0.15, 0.2) is 65.5 Å². The second kappa shape index (κ2) is 6.55. The van der Waals surface area contributed by atoms with Gasteiger partial charge in [-0.2, -0.15) is 18.3 Å². The summed E-state index contributed by atoms with van der Waals surface area (Å²) in [6.45, 7) is 1.94. The third kappa shape index (κ3) is 3.96. The van der Waals surface area contributed by atoms with E-state index in [1.54, 1.807) is 12.1 Å². The van der Waals surface area contributed by atoms with Crippen molar-refractivity contribution in [2.45, 2.75) is 19.6 Å². The van der Waals surface area contributed by atoms with Crippen LogP contribution < -0.4 is 5.56 Å². The fourth-order valence-corrected chi connectivity index (χ4v) is 2.46. The molecular formula is C19H15F3N2O. The zero-order chi connectivity index (χ0) is 18.0. The van der Waals surface area contributed by atoms with Crippen LogP contribution in [0.2, 0.25) is 0 Å². The first kappa shape index (κ1) is 17.0. The summed E-state index contributed by atoms with van der Waals surface area (Å²) in [7, 11) is 0. The van der Waals surface area contributed by atoms with Crippen molar-refractivity contribution in [2.24, 2.45) is 0 Å². The molecule has 2 aromatic carbocycles. The van der Waals surface area contributed by atoms with Crippen LogP contribution in [0.25, 0.3) is 11.3 Å². The van der Waals surface area contributed by atoms with Crippen molar-refractivity contribution in [3.05, 3.63) is 87.7 Å². The SMILES string of the molecule is Cc1ccc(-c2ccc(=O)n(Cc3cccc(C(F)(F)F)c3)n2)cc1. The Morgan fingerprint density at radius 1 is 1.00 bits per heavy atom. The highest BCUT2D eigenvalue weighted by Gasteiger charge is 2.30. The highest BCUT2D eigenvalue weighted by atomic mass is 19.4. The van der Waals surface area contributed by atoms with Crippen molar-refractivity contribution in [1.82, 2.24) is 9.78 Å². The average molecular weight is 344 g/mol. The number of aryl methyl sites for hydroxylation is 1. The fourth-order valence-electron chi connectivity index (χ4n) is 2.46. The van der Waals surface area contributed by atoms with Gasteiger partial charge in [-0.1, -0.05) is 42.0 Å². The number of rotatable bonds is 3. The van der Waals surface area contributed by atoms with E-state index in [1.165, 1.54) is 16.8 Å². The fraction of sp³-hybridized carbons (Fsp3) is 0.158. The zero-order valence-electron chi connectivity index (χ0n) is 13.4. The first-order valence-corrected chi connectivity index (χ1v) is 7.64. The van der Waals surface area contributed by atoms with E-state index in [2.05, 4.69) is 5.10 Å². The van der Waals surface area contributed by atoms with E-state index >= 15 is 0 Å². The van der Waals surface area contributed by atoms with E-state index < -0.39 is 11.7 Å². The van der Waals surface area contributed by atoms with Crippen molar-refractivity contribution < 1.29 is 13.2 Å². The molecule has 0 bridgehead atoms. The molecule has 1 aromatic heterocycles. The van der Waals surface area contributed by atoms with Crippen LogP contribution in [0.4, 0.5) is 13.2 Å². The molecule has 6 heteroatoms. The van der Waals surface area contributed by atoms with Crippen LogP contribution in [-0.2, 0) is 12.7 Å². The normalized spacial score (nSPS) is 11.5. The standard InChI is InChI=1S/C19H15F3N2O/c1-13-5-7-15(8-6-13)17-9-10-18(25)24(23-17)12-14-3-2-4-16(11-14)19(20,21)22/h2-11H,12H2,1H3. The van der Waals surface area contributed by atoms with Crippen LogP contribution in [0.3, 0.4) is 0 Å². The number of benzene rings is 2. The zero-order valence-corrected chi connectivity index (χ0v) is 13.4. The highest BCUT2D eigenvalue weighted by molar-refractivity contribution is 5.58. The van der Waals surface area contributed by atoms with Gasteiger partial charge in [0.25, 0.3) is 5.56 Å². The van der Waals surface area contributed by atoms with Gasteiger partial charge in [-0.3, -0.25) is 4.79 Å². The number of aromatic nitrogens is 2. The Morgan fingerprint density at radius 2 is 1.72 bits per heavy atom. The van der Waals surface area contributed by atoms with Gasteiger partial charge in [0.1, 0.15) is 0 Å². The lowest BCUT2D eigenvalue weighted by molar-refractivity contribution is -0.137. The maximum Gasteiger partial charge on any atom is 0.416 e. The largest absolute Gasteiger partial charge is 0.416 e. The van der Waals surface area contributed by atoms with Crippen LogP contribution in [-0.4, -0.2) is 9.78 Å². The summed E-state index contributed by atoms with van der Waals surface area (Å²) in [5, 5.41) is 4.28. The second-order valence-electron chi connectivity index (χ2n) is 5.78. The average Bonchev–Trinajstić information content (AvgIpc) is 2.57. The van der Waals surface area contributed by atoms with Gasteiger partial charge in [-0.25, -0.2) is 4.68 Å². The lowest BCUT2D eigenvalue weighted by Crippen LogP contribution is -2.23. The molecule has 0 atom stereocenters. The predicted octanol–water partition coefficient (Wildman–Crippen LogP) is 4.29. The van der Waals surface area contributed by atoms with Gasteiger partial charge in [-0.15, -0.1) is 0 Å². The van der Waals surface area contributed by atoms with Gasteiger partial charge in [0.05, 0.1) is 17.8 Å². The summed E-state index contributed by atoms with van der Waals surface area (Å²) in [4.78, 5) is 12.0. The molecule has 0 N–H and O–H groups in total. The minimum absolute atomic E-state index is 0.0253. The molecule has 25 heavy (non-hydrogen) atoms. The molecule has 0 spiro atoms. The minimum atomic E-state index is -4.42. The van der Waals surface area contributed by atoms with E-state index in [0.717, 1.165) is 23.3 Å². The molecule has 0 aliphatic carbocycles.